The summed E-state index contributed by atoms with van der Waals surface area (Å²) in [6.07, 6.45) is 3.73. The van der Waals surface area contributed by atoms with Gasteiger partial charge in [0.2, 0.25) is 0 Å². The van der Waals surface area contributed by atoms with Crippen molar-refractivity contribution in [3.05, 3.63) is 57.3 Å². The molecule has 1 aromatic heterocycles. The lowest BCUT2D eigenvalue weighted by Gasteiger charge is -2.15. The van der Waals surface area contributed by atoms with Crippen LogP contribution in [0.15, 0.2) is 40.0 Å². The van der Waals surface area contributed by atoms with Crippen LogP contribution in [-0.2, 0) is 6.42 Å². The van der Waals surface area contributed by atoms with E-state index in [2.05, 4.69) is 27.0 Å². The van der Waals surface area contributed by atoms with Crippen LogP contribution in [0.2, 0.25) is 0 Å². The number of aromatic nitrogens is 1. The van der Waals surface area contributed by atoms with E-state index in [1.165, 1.54) is 6.20 Å². The van der Waals surface area contributed by atoms with E-state index in [1.807, 2.05) is 6.07 Å². The van der Waals surface area contributed by atoms with Crippen LogP contribution in [0.25, 0.3) is 0 Å². The molecule has 1 unspecified atom stereocenters. The molecule has 1 aromatic carbocycles. The van der Waals surface area contributed by atoms with E-state index >= 15 is 0 Å². The third-order valence-electron chi connectivity index (χ3n) is 3.72. The van der Waals surface area contributed by atoms with Crippen molar-refractivity contribution in [1.82, 2.24) is 4.98 Å². The molecule has 0 saturated heterocycles. The summed E-state index contributed by atoms with van der Waals surface area (Å²) < 4.78 is 28.5. The van der Waals surface area contributed by atoms with Gasteiger partial charge in [0.1, 0.15) is 6.07 Å². The molecule has 2 heterocycles. The normalized spacial score (nSPS) is 18.8. The van der Waals surface area contributed by atoms with E-state index in [1.54, 1.807) is 25.3 Å². The highest BCUT2D eigenvalue weighted by atomic mass is 79.9. The van der Waals surface area contributed by atoms with Gasteiger partial charge >= 0.3 is 5.25 Å². The number of nitrogens with zero attached hydrogens (tertiary/aromatic N) is 2. The number of pyridine rings is 1. The van der Waals surface area contributed by atoms with Gasteiger partial charge in [-0.3, -0.25) is 4.98 Å². The fraction of sp³-hybridized carbons (Fsp3) is 0.250. The Kier molecular flexibility index (Phi) is 3.96. The maximum atomic E-state index is 13.9. The number of hydrogen-bond acceptors (Lipinski definition) is 3. The molecule has 2 nitrogen and oxygen atoms in total. The maximum Gasteiger partial charge on any atom is 0.304 e. The van der Waals surface area contributed by atoms with Crippen LogP contribution in [-0.4, -0.2) is 10.2 Å². The Morgan fingerprint density at radius 1 is 1.41 bits per heavy atom. The highest BCUT2D eigenvalue weighted by Crippen LogP contribution is 2.57. The summed E-state index contributed by atoms with van der Waals surface area (Å²) in [5.41, 5.74) is 2.95. The lowest BCUT2D eigenvalue weighted by Crippen LogP contribution is -2.14. The third kappa shape index (κ3) is 2.64. The SMILES string of the molecule is CC1c2c(ccc(Cc3cncc(C#N)c3)c2Br)SC1(F)F. The van der Waals surface area contributed by atoms with Gasteiger partial charge in [0, 0.05) is 28.2 Å². The summed E-state index contributed by atoms with van der Waals surface area (Å²) in [6.45, 7) is 1.55. The molecule has 1 atom stereocenters. The zero-order chi connectivity index (χ0) is 15.9. The molecule has 0 bridgehead atoms. The van der Waals surface area contributed by atoms with Crippen LogP contribution in [0, 0.1) is 11.3 Å². The van der Waals surface area contributed by atoms with Crippen LogP contribution in [0.3, 0.4) is 0 Å². The zero-order valence-corrected chi connectivity index (χ0v) is 14.0. The Bertz CT molecular complexity index is 786. The van der Waals surface area contributed by atoms with Crippen molar-refractivity contribution in [3.8, 4) is 6.07 Å². The Morgan fingerprint density at radius 3 is 2.91 bits per heavy atom. The second-order valence-electron chi connectivity index (χ2n) is 5.21. The first-order valence-corrected chi connectivity index (χ1v) is 8.25. The second-order valence-corrected chi connectivity index (χ2v) is 7.19. The molecular weight excluding hydrogens is 370 g/mol. The van der Waals surface area contributed by atoms with Crippen molar-refractivity contribution in [2.24, 2.45) is 0 Å². The van der Waals surface area contributed by atoms with Crippen molar-refractivity contribution >= 4 is 27.7 Å². The molecule has 3 rings (SSSR count). The van der Waals surface area contributed by atoms with E-state index in [-0.39, 0.29) is 0 Å². The van der Waals surface area contributed by atoms with Crippen molar-refractivity contribution < 1.29 is 8.78 Å². The lowest BCUT2D eigenvalue weighted by atomic mass is 9.97. The molecule has 22 heavy (non-hydrogen) atoms. The van der Waals surface area contributed by atoms with Gasteiger partial charge in [-0.15, -0.1) is 0 Å². The molecule has 6 heteroatoms. The van der Waals surface area contributed by atoms with Crippen LogP contribution in [0.4, 0.5) is 8.78 Å². The zero-order valence-electron chi connectivity index (χ0n) is 11.6. The van der Waals surface area contributed by atoms with Gasteiger partial charge in [0.25, 0.3) is 0 Å². The summed E-state index contributed by atoms with van der Waals surface area (Å²) in [5.74, 6) is -0.828. The first-order chi connectivity index (χ1) is 10.4. The number of rotatable bonds is 2. The predicted octanol–water partition coefficient (Wildman–Crippen LogP) is 5.11. The third-order valence-corrected chi connectivity index (χ3v) is 5.86. The van der Waals surface area contributed by atoms with Gasteiger partial charge in [0.15, 0.2) is 0 Å². The molecule has 112 valence electrons. The van der Waals surface area contributed by atoms with Gasteiger partial charge in [-0.1, -0.05) is 40.7 Å². The number of thioether (sulfide) groups is 1. The van der Waals surface area contributed by atoms with Gasteiger partial charge in [-0.25, -0.2) is 0 Å². The molecule has 0 fully saturated rings. The fourth-order valence-corrected chi connectivity index (χ4v) is 4.59. The number of alkyl halides is 2. The molecule has 0 N–H and O–H groups in total. The average Bonchev–Trinajstić information content (AvgIpc) is 2.73. The van der Waals surface area contributed by atoms with Crippen molar-refractivity contribution in [1.29, 1.82) is 5.26 Å². The minimum Gasteiger partial charge on any atom is -0.263 e. The maximum absolute atomic E-state index is 13.9. The minimum atomic E-state index is -2.77. The Labute approximate surface area is 139 Å². The highest BCUT2D eigenvalue weighted by Gasteiger charge is 2.47. The van der Waals surface area contributed by atoms with Gasteiger partial charge < -0.3 is 0 Å². The van der Waals surface area contributed by atoms with Crippen LogP contribution in [0.1, 0.15) is 35.1 Å². The molecule has 2 aromatic rings. The first-order valence-electron chi connectivity index (χ1n) is 6.64. The largest absolute Gasteiger partial charge is 0.304 e. The molecule has 0 radical (unpaired) electrons. The molecule has 1 aliphatic rings. The Morgan fingerprint density at radius 2 is 2.18 bits per heavy atom. The van der Waals surface area contributed by atoms with Gasteiger partial charge in [-0.05, 0) is 28.8 Å². The van der Waals surface area contributed by atoms with E-state index in [0.29, 0.717) is 34.2 Å². The van der Waals surface area contributed by atoms with Crippen molar-refractivity contribution in [3.63, 3.8) is 0 Å². The number of nitriles is 1. The average molecular weight is 381 g/mol. The van der Waals surface area contributed by atoms with E-state index < -0.39 is 11.2 Å². The van der Waals surface area contributed by atoms with Crippen molar-refractivity contribution in [2.75, 3.05) is 0 Å². The highest BCUT2D eigenvalue weighted by molar-refractivity contribution is 9.10. The van der Waals surface area contributed by atoms with Crippen LogP contribution in [0.5, 0.6) is 0 Å². The first kappa shape index (κ1) is 15.4. The predicted molar refractivity (Wildman–Crippen MR) is 85.1 cm³/mol. The summed E-state index contributed by atoms with van der Waals surface area (Å²) >= 11 is 4.10. The number of fused-ring (bicyclic) bond motifs is 1. The number of hydrogen-bond donors (Lipinski definition) is 0. The van der Waals surface area contributed by atoms with Crippen LogP contribution >= 0.6 is 27.7 Å². The molecule has 0 amide bonds. The monoisotopic (exact) mass is 380 g/mol. The fourth-order valence-electron chi connectivity index (χ4n) is 2.52. The summed E-state index contributed by atoms with van der Waals surface area (Å²) in [6, 6.07) is 7.41. The summed E-state index contributed by atoms with van der Waals surface area (Å²) in [4.78, 5) is 4.65. The molecular formula is C16H11BrF2N2S. The Balaban J connectivity index is 1.98. The quantitative estimate of drug-likeness (QED) is 0.726. The standard InChI is InChI=1S/C16H11BrF2N2S/c1-9-14-13(22-16(9,18)19)3-2-12(15(14)17)5-10-4-11(6-20)8-21-7-10/h2-4,7-9H,5H2,1H3. The minimum absolute atomic E-state index is 0.491. The van der Waals surface area contributed by atoms with Crippen LogP contribution < -0.4 is 0 Å². The topological polar surface area (TPSA) is 36.7 Å². The van der Waals surface area contributed by atoms with E-state index in [4.69, 9.17) is 5.26 Å². The second kappa shape index (κ2) is 5.64. The van der Waals surface area contributed by atoms with E-state index in [0.717, 1.165) is 15.6 Å². The van der Waals surface area contributed by atoms with Crippen molar-refractivity contribution in [2.45, 2.75) is 29.4 Å². The molecule has 0 spiro atoms. The smallest absolute Gasteiger partial charge is 0.263 e. The number of benzene rings is 1. The van der Waals surface area contributed by atoms with Gasteiger partial charge in [-0.2, -0.15) is 14.0 Å². The molecule has 0 saturated carbocycles. The van der Waals surface area contributed by atoms with E-state index in [9.17, 15) is 8.78 Å². The van der Waals surface area contributed by atoms with Gasteiger partial charge in [0.05, 0.1) is 11.5 Å². The summed E-state index contributed by atoms with van der Waals surface area (Å²) in [7, 11) is 0. The summed E-state index contributed by atoms with van der Waals surface area (Å²) in [5, 5.41) is 6.14. The number of halogens is 3. The Hall–Kier alpha value is -1.45. The molecule has 1 aliphatic heterocycles. The molecule has 0 aliphatic carbocycles. The lowest BCUT2D eigenvalue weighted by molar-refractivity contribution is 0.0839.